The Morgan fingerprint density at radius 1 is 1.08 bits per heavy atom. The number of hydrogen-bond donors (Lipinski definition) is 0. The van der Waals surface area contributed by atoms with Crippen molar-refractivity contribution in [1.29, 1.82) is 0 Å². The number of amides is 1. The number of rotatable bonds is 4. The lowest BCUT2D eigenvalue weighted by molar-refractivity contribution is -0.135. The van der Waals surface area contributed by atoms with Crippen LogP contribution in [0.4, 0.5) is 5.82 Å². The van der Waals surface area contributed by atoms with E-state index in [1.54, 1.807) is 0 Å². The van der Waals surface area contributed by atoms with E-state index in [4.69, 9.17) is 0 Å². The van der Waals surface area contributed by atoms with E-state index in [0.717, 1.165) is 51.5 Å². The molecule has 5 nitrogen and oxygen atoms in total. The van der Waals surface area contributed by atoms with Crippen molar-refractivity contribution in [2.24, 2.45) is 5.92 Å². The summed E-state index contributed by atoms with van der Waals surface area (Å²) in [5, 5.41) is 0. The van der Waals surface area contributed by atoms with Gasteiger partial charge >= 0.3 is 0 Å². The van der Waals surface area contributed by atoms with Crippen molar-refractivity contribution in [3.63, 3.8) is 0 Å². The van der Waals surface area contributed by atoms with Gasteiger partial charge in [0.15, 0.2) is 0 Å². The number of carbonyl (C=O) groups excluding carboxylic acids is 1. The summed E-state index contributed by atoms with van der Waals surface area (Å²) in [4.78, 5) is 24.2. The van der Waals surface area contributed by atoms with Crippen LogP contribution in [0.3, 0.4) is 0 Å². The molecule has 0 aromatic carbocycles. The largest absolute Gasteiger partial charge is 0.353 e. The van der Waals surface area contributed by atoms with Crippen LogP contribution in [0.5, 0.6) is 0 Å². The second kappa shape index (κ2) is 7.73. The number of likely N-dealkylation sites (tertiary alicyclic amines) is 1. The van der Waals surface area contributed by atoms with Gasteiger partial charge in [0.25, 0.3) is 0 Å². The minimum Gasteiger partial charge on any atom is -0.353 e. The van der Waals surface area contributed by atoms with Crippen molar-refractivity contribution in [2.75, 3.05) is 44.2 Å². The molecule has 5 heteroatoms. The number of nitrogens with zero attached hydrogens (tertiary/aromatic N) is 4. The molecule has 0 bridgehead atoms. The van der Waals surface area contributed by atoms with Crippen LogP contribution in [0.25, 0.3) is 0 Å². The number of anilines is 1. The van der Waals surface area contributed by atoms with Crippen molar-refractivity contribution in [3.8, 4) is 0 Å². The van der Waals surface area contributed by atoms with Crippen molar-refractivity contribution < 1.29 is 4.79 Å². The van der Waals surface area contributed by atoms with Gasteiger partial charge in [-0.15, -0.1) is 0 Å². The van der Waals surface area contributed by atoms with Crippen LogP contribution in [0.2, 0.25) is 0 Å². The molecule has 3 heterocycles. The Labute approximate surface area is 152 Å². The molecular formula is C20H32N4O. The first-order valence-corrected chi connectivity index (χ1v) is 9.69. The molecule has 2 fully saturated rings. The number of piperazine rings is 1. The van der Waals surface area contributed by atoms with E-state index < -0.39 is 0 Å². The molecule has 25 heavy (non-hydrogen) atoms. The van der Waals surface area contributed by atoms with E-state index in [2.05, 4.69) is 59.5 Å². The summed E-state index contributed by atoms with van der Waals surface area (Å²) in [7, 11) is 0. The molecule has 2 aliphatic rings. The molecule has 0 N–H and O–H groups in total. The first kappa shape index (κ1) is 18.2. The minimum absolute atomic E-state index is 0.192. The summed E-state index contributed by atoms with van der Waals surface area (Å²) in [6, 6.07) is 4.82. The van der Waals surface area contributed by atoms with Crippen LogP contribution in [-0.4, -0.2) is 66.0 Å². The maximum atomic E-state index is 12.8. The number of hydrogen-bond acceptors (Lipinski definition) is 4. The van der Waals surface area contributed by atoms with Gasteiger partial charge in [0.2, 0.25) is 5.91 Å². The van der Waals surface area contributed by atoms with E-state index >= 15 is 0 Å². The normalized spacial score (nSPS) is 22.2. The van der Waals surface area contributed by atoms with Gasteiger partial charge in [0.05, 0.1) is 5.92 Å². The first-order chi connectivity index (χ1) is 12.0. The monoisotopic (exact) mass is 344 g/mol. The van der Waals surface area contributed by atoms with Gasteiger partial charge in [-0.1, -0.05) is 19.9 Å². The third-order valence-corrected chi connectivity index (χ3v) is 5.65. The molecule has 1 amide bonds. The van der Waals surface area contributed by atoms with Crippen LogP contribution in [0.15, 0.2) is 18.3 Å². The second-order valence-corrected chi connectivity index (χ2v) is 7.99. The second-order valence-electron chi connectivity index (χ2n) is 7.99. The third-order valence-electron chi connectivity index (χ3n) is 5.65. The molecule has 1 aromatic rings. The average Bonchev–Trinajstić information content (AvgIpc) is 3.12. The standard InChI is InChI=1S/C20H32N4O/c1-15(2)17-5-6-19(21-13-17)22-9-11-23(12-10-22)20(25)18-7-8-24(14-18)16(3)4/h5-6,13,15-16,18H,7-12,14H2,1-4H3/t18-/m0/s1. The number of carbonyl (C=O) groups is 1. The van der Waals surface area contributed by atoms with E-state index in [0.29, 0.717) is 17.9 Å². The number of aromatic nitrogens is 1. The van der Waals surface area contributed by atoms with Crippen LogP contribution in [0, 0.1) is 5.92 Å². The Hall–Kier alpha value is -1.62. The summed E-state index contributed by atoms with van der Waals surface area (Å²) < 4.78 is 0. The van der Waals surface area contributed by atoms with Crippen molar-refractivity contribution in [1.82, 2.24) is 14.8 Å². The molecule has 0 spiro atoms. The summed E-state index contributed by atoms with van der Waals surface area (Å²) in [6.07, 6.45) is 2.99. The molecule has 138 valence electrons. The molecule has 0 radical (unpaired) electrons. The Morgan fingerprint density at radius 3 is 2.32 bits per heavy atom. The lowest BCUT2D eigenvalue weighted by atomic mass is 10.1. The fourth-order valence-corrected chi connectivity index (χ4v) is 3.80. The first-order valence-electron chi connectivity index (χ1n) is 9.69. The third kappa shape index (κ3) is 4.14. The van der Waals surface area contributed by atoms with Crippen LogP contribution < -0.4 is 4.90 Å². The Balaban J connectivity index is 1.52. The molecule has 0 aliphatic carbocycles. The summed E-state index contributed by atoms with van der Waals surface area (Å²) in [5.41, 5.74) is 1.27. The van der Waals surface area contributed by atoms with E-state index in [1.807, 2.05) is 6.20 Å². The van der Waals surface area contributed by atoms with E-state index in [9.17, 15) is 4.79 Å². The maximum Gasteiger partial charge on any atom is 0.227 e. The van der Waals surface area contributed by atoms with Gasteiger partial charge in [0.1, 0.15) is 5.82 Å². The van der Waals surface area contributed by atoms with Gasteiger partial charge in [-0.05, 0) is 44.4 Å². The van der Waals surface area contributed by atoms with Crippen molar-refractivity contribution >= 4 is 11.7 Å². The van der Waals surface area contributed by atoms with Gasteiger partial charge < -0.3 is 14.7 Å². The Bertz CT molecular complexity index is 576. The van der Waals surface area contributed by atoms with Gasteiger partial charge in [0, 0.05) is 45.0 Å². The number of pyridine rings is 1. The summed E-state index contributed by atoms with van der Waals surface area (Å²) in [6.45, 7) is 14.1. The molecule has 1 aromatic heterocycles. The summed E-state index contributed by atoms with van der Waals surface area (Å²) >= 11 is 0. The predicted octanol–water partition coefficient (Wildman–Crippen LogP) is 2.58. The predicted molar refractivity (Wildman–Crippen MR) is 102 cm³/mol. The fourth-order valence-electron chi connectivity index (χ4n) is 3.80. The van der Waals surface area contributed by atoms with Gasteiger partial charge in [-0.3, -0.25) is 4.79 Å². The fraction of sp³-hybridized carbons (Fsp3) is 0.700. The highest BCUT2D eigenvalue weighted by Gasteiger charge is 2.33. The zero-order valence-corrected chi connectivity index (χ0v) is 16.1. The average molecular weight is 345 g/mol. The van der Waals surface area contributed by atoms with Crippen molar-refractivity contribution in [2.45, 2.75) is 46.1 Å². The Kier molecular flexibility index (Phi) is 5.62. The lowest BCUT2D eigenvalue weighted by Crippen LogP contribution is -2.51. The molecule has 2 aliphatic heterocycles. The SMILES string of the molecule is CC(C)c1ccc(N2CCN(C(=O)[C@H]3CCN(C(C)C)C3)CC2)nc1. The molecule has 0 unspecified atom stereocenters. The zero-order chi connectivity index (χ0) is 18.0. The van der Waals surface area contributed by atoms with Gasteiger partial charge in [-0.2, -0.15) is 0 Å². The van der Waals surface area contributed by atoms with E-state index in [-0.39, 0.29) is 5.92 Å². The molecule has 3 rings (SSSR count). The zero-order valence-electron chi connectivity index (χ0n) is 16.1. The molecular weight excluding hydrogens is 312 g/mol. The quantitative estimate of drug-likeness (QED) is 0.842. The molecule has 0 saturated carbocycles. The van der Waals surface area contributed by atoms with Crippen LogP contribution in [-0.2, 0) is 4.79 Å². The van der Waals surface area contributed by atoms with Crippen LogP contribution in [0.1, 0.15) is 45.6 Å². The summed E-state index contributed by atoms with van der Waals surface area (Å²) in [5.74, 6) is 2.08. The van der Waals surface area contributed by atoms with E-state index in [1.165, 1.54) is 5.56 Å². The maximum absolute atomic E-state index is 12.8. The molecule has 2 saturated heterocycles. The highest BCUT2D eigenvalue weighted by molar-refractivity contribution is 5.79. The highest BCUT2D eigenvalue weighted by atomic mass is 16.2. The topological polar surface area (TPSA) is 39.7 Å². The smallest absolute Gasteiger partial charge is 0.227 e. The van der Waals surface area contributed by atoms with Gasteiger partial charge in [-0.25, -0.2) is 4.98 Å². The minimum atomic E-state index is 0.192. The highest BCUT2D eigenvalue weighted by Crippen LogP contribution is 2.23. The molecule has 1 atom stereocenters. The lowest BCUT2D eigenvalue weighted by Gasteiger charge is -2.36. The van der Waals surface area contributed by atoms with Crippen molar-refractivity contribution in [3.05, 3.63) is 23.9 Å². The Morgan fingerprint density at radius 2 is 1.80 bits per heavy atom. The van der Waals surface area contributed by atoms with Crippen LogP contribution >= 0.6 is 0 Å².